The van der Waals surface area contributed by atoms with Gasteiger partial charge in [0.05, 0.1) is 12.8 Å². The monoisotopic (exact) mass is 349 g/mol. The van der Waals surface area contributed by atoms with Crippen LogP contribution in [0.4, 0.5) is 11.8 Å². The van der Waals surface area contributed by atoms with Gasteiger partial charge in [0.2, 0.25) is 5.95 Å². The fourth-order valence-corrected chi connectivity index (χ4v) is 2.56. The van der Waals surface area contributed by atoms with Crippen LogP contribution >= 0.6 is 0 Å². The number of para-hydroxylation sites is 1. The van der Waals surface area contributed by atoms with Crippen LogP contribution in [0, 0.1) is 0 Å². The second kappa shape index (κ2) is 8.29. The zero-order valence-corrected chi connectivity index (χ0v) is 15.2. The van der Waals surface area contributed by atoms with Gasteiger partial charge < -0.3 is 15.4 Å². The predicted molar refractivity (Wildman–Crippen MR) is 104 cm³/mol. The number of benzene rings is 1. The summed E-state index contributed by atoms with van der Waals surface area (Å²) in [5.74, 6) is 2.18. The maximum absolute atomic E-state index is 5.41. The molecule has 2 aromatic heterocycles. The van der Waals surface area contributed by atoms with Gasteiger partial charge in [-0.3, -0.25) is 4.98 Å². The van der Waals surface area contributed by atoms with E-state index in [-0.39, 0.29) is 6.04 Å². The summed E-state index contributed by atoms with van der Waals surface area (Å²) in [6, 6.07) is 14.0. The summed E-state index contributed by atoms with van der Waals surface area (Å²) >= 11 is 0. The minimum atomic E-state index is 0.237. The molecular weight excluding hydrogens is 326 g/mol. The van der Waals surface area contributed by atoms with Gasteiger partial charge in [0, 0.05) is 42.2 Å². The Kier molecular flexibility index (Phi) is 5.63. The van der Waals surface area contributed by atoms with Crippen molar-refractivity contribution in [3.8, 4) is 17.0 Å². The van der Waals surface area contributed by atoms with E-state index in [1.165, 1.54) is 0 Å². The van der Waals surface area contributed by atoms with E-state index in [0.717, 1.165) is 28.4 Å². The van der Waals surface area contributed by atoms with E-state index in [1.807, 2.05) is 42.5 Å². The number of methoxy groups -OCH3 is 1. The molecule has 3 aromatic rings. The van der Waals surface area contributed by atoms with Crippen LogP contribution in [-0.2, 0) is 6.54 Å². The average Bonchev–Trinajstić information content (AvgIpc) is 2.66. The molecule has 26 heavy (non-hydrogen) atoms. The Bertz CT molecular complexity index is 852. The predicted octanol–water partition coefficient (Wildman–Crippen LogP) is 3.98. The molecule has 6 nitrogen and oxygen atoms in total. The Morgan fingerprint density at radius 2 is 1.92 bits per heavy atom. The van der Waals surface area contributed by atoms with Crippen LogP contribution in [0.5, 0.6) is 5.75 Å². The van der Waals surface area contributed by atoms with Gasteiger partial charge in [-0.1, -0.05) is 18.2 Å². The minimum absolute atomic E-state index is 0.237. The summed E-state index contributed by atoms with van der Waals surface area (Å²) < 4.78 is 5.41. The van der Waals surface area contributed by atoms with Gasteiger partial charge in [0.1, 0.15) is 11.6 Å². The van der Waals surface area contributed by atoms with Gasteiger partial charge >= 0.3 is 0 Å². The van der Waals surface area contributed by atoms with Crippen molar-refractivity contribution in [1.29, 1.82) is 0 Å². The standard InChI is InChI=1S/C20H23N5O/c1-14(2)23-20-24-17(15-8-6-10-21-12-15)11-19(25-20)22-13-16-7-4-5-9-18(16)26-3/h4-12,14H,13H2,1-3H3,(H2,22,23,24,25). The summed E-state index contributed by atoms with van der Waals surface area (Å²) in [7, 11) is 1.68. The van der Waals surface area contributed by atoms with Crippen LogP contribution in [-0.4, -0.2) is 28.1 Å². The van der Waals surface area contributed by atoms with Crippen molar-refractivity contribution in [3.05, 3.63) is 60.4 Å². The van der Waals surface area contributed by atoms with Crippen LogP contribution in [0.3, 0.4) is 0 Å². The third-order valence-electron chi connectivity index (χ3n) is 3.75. The summed E-state index contributed by atoms with van der Waals surface area (Å²) in [5, 5.41) is 6.64. The first-order valence-electron chi connectivity index (χ1n) is 8.57. The lowest BCUT2D eigenvalue weighted by molar-refractivity contribution is 0.410. The first-order chi connectivity index (χ1) is 12.7. The average molecular weight is 349 g/mol. The first kappa shape index (κ1) is 17.7. The molecule has 0 saturated carbocycles. The largest absolute Gasteiger partial charge is 0.496 e. The zero-order valence-electron chi connectivity index (χ0n) is 15.2. The lowest BCUT2D eigenvalue weighted by atomic mass is 10.2. The Balaban J connectivity index is 1.88. The van der Waals surface area contributed by atoms with Crippen LogP contribution in [0.1, 0.15) is 19.4 Å². The molecule has 0 spiro atoms. The van der Waals surface area contributed by atoms with Gasteiger partial charge in [-0.05, 0) is 32.0 Å². The maximum Gasteiger partial charge on any atom is 0.225 e. The molecule has 0 atom stereocenters. The summed E-state index contributed by atoms with van der Waals surface area (Å²) in [4.78, 5) is 13.4. The molecule has 0 amide bonds. The van der Waals surface area contributed by atoms with E-state index in [4.69, 9.17) is 4.74 Å². The van der Waals surface area contributed by atoms with Crippen LogP contribution in [0.15, 0.2) is 54.9 Å². The van der Waals surface area contributed by atoms with Crippen LogP contribution in [0.2, 0.25) is 0 Å². The zero-order chi connectivity index (χ0) is 18.4. The smallest absolute Gasteiger partial charge is 0.225 e. The van der Waals surface area contributed by atoms with Crippen molar-refractivity contribution in [1.82, 2.24) is 15.0 Å². The molecule has 0 fully saturated rings. The molecular formula is C20H23N5O. The Morgan fingerprint density at radius 1 is 1.08 bits per heavy atom. The third-order valence-corrected chi connectivity index (χ3v) is 3.75. The summed E-state index contributed by atoms with van der Waals surface area (Å²) in [6.45, 7) is 4.72. The molecule has 0 unspecified atom stereocenters. The van der Waals surface area contributed by atoms with E-state index in [0.29, 0.717) is 12.5 Å². The van der Waals surface area contributed by atoms with Crippen molar-refractivity contribution >= 4 is 11.8 Å². The highest BCUT2D eigenvalue weighted by Gasteiger charge is 2.09. The molecule has 2 N–H and O–H groups in total. The number of hydrogen-bond donors (Lipinski definition) is 2. The number of rotatable bonds is 7. The molecule has 1 aromatic carbocycles. The number of nitrogens with zero attached hydrogens (tertiary/aromatic N) is 3. The highest BCUT2D eigenvalue weighted by Crippen LogP contribution is 2.23. The quantitative estimate of drug-likeness (QED) is 0.672. The third kappa shape index (κ3) is 4.47. The fourth-order valence-electron chi connectivity index (χ4n) is 2.56. The van der Waals surface area contributed by atoms with Gasteiger partial charge in [-0.15, -0.1) is 0 Å². The van der Waals surface area contributed by atoms with Gasteiger partial charge in [0.25, 0.3) is 0 Å². The molecule has 3 rings (SSSR count). The molecule has 6 heteroatoms. The molecule has 0 bridgehead atoms. The molecule has 2 heterocycles. The second-order valence-corrected chi connectivity index (χ2v) is 6.17. The number of anilines is 2. The Morgan fingerprint density at radius 3 is 2.65 bits per heavy atom. The Hall–Kier alpha value is -3.15. The van der Waals surface area contributed by atoms with Gasteiger partial charge in [-0.25, -0.2) is 4.98 Å². The van der Waals surface area contributed by atoms with Crippen molar-refractivity contribution in [2.75, 3.05) is 17.7 Å². The van der Waals surface area contributed by atoms with Crippen molar-refractivity contribution in [2.24, 2.45) is 0 Å². The van der Waals surface area contributed by atoms with Gasteiger partial charge in [-0.2, -0.15) is 4.98 Å². The van der Waals surface area contributed by atoms with E-state index in [2.05, 4.69) is 39.4 Å². The summed E-state index contributed by atoms with van der Waals surface area (Å²) in [6.07, 6.45) is 3.55. The van der Waals surface area contributed by atoms with Crippen molar-refractivity contribution in [2.45, 2.75) is 26.4 Å². The van der Waals surface area contributed by atoms with Crippen LogP contribution < -0.4 is 15.4 Å². The van der Waals surface area contributed by atoms with E-state index in [9.17, 15) is 0 Å². The van der Waals surface area contributed by atoms with Gasteiger partial charge in [0.15, 0.2) is 0 Å². The maximum atomic E-state index is 5.41. The van der Waals surface area contributed by atoms with Crippen molar-refractivity contribution in [3.63, 3.8) is 0 Å². The normalized spacial score (nSPS) is 10.6. The molecule has 0 aliphatic carbocycles. The number of nitrogens with one attached hydrogen (secondary N) is 2. The van der Waals surface area contributed by atoms with Crippen molar-refractivity contribution < 1.29 is 4.74 Å². The lowest BCUT2D eigenvalue weighted by Gasteiger charge is -2.14. The van der Waals surface area contributed by atoms with Crippen LogP contribution in [0.25, 0.3) is 11.3 Å². The highest BCUT2D eigenvalue weighted by molar-refractivity contribution is 5.63. The minimum Gasteiger partial charge on any atom is -0.496 e. The topological polar surface area (TPSA) is 72.0 Å². The van der Waals surface area contributed by atoms with E-state index in [1.54, 1.807) is 19.5 Å². The SMILES string of the molecule is COc1ccccc1CNc1cc(-c2cccnc2)nc(NC(C)C)n1. The molecule has 0 aliphatic heterocycles. The molecule has 134 valence electrons. The first-order valence-corrected chi connectivity index (χ1v) is 8.57. The number of hydrogen-bond acceptors (Lipinski definition) is 6. The molecule has 0 aliphatic rings. The number of aromatic nitrogens is 3. The fraction of sp³-hybridized carbons (Fsp3) is 0.250. The number of pyridine rings is 1. The molecule has 0 radical (unpaired) electrons. The lowest BCUT2D eigenvalue weighted by Crippen LogP contribution is -2.14. The van der Waals surface area contributed by atoms with E-state index >= 15 is 0 Å². The second-order valence-electron chi connectivity index (χ2n) is 6.17. The van der Waals surface area contributed by atoms with E-state index < -0.39 is 0 Å². The summed E-state index contributed by atoms with van der Waals surface area (Å²) in [5.41, 5.74) is 2.83. The molecule has 0 saturated heterocycles. The number of ether oxygens (including phenoxy) is 1. The highest BCUT2D eigenvalue weighted by atomic mass is 16.5. The Labute approximate surface area is 153 Å².